The first kappa shape index (κ1) is 14.4. The molecule has 0 spiro atoms. The van der Waals surface area contributed by atoms with Gasteiger partial charge in [0, 0.05) is 12.5 Å². The Hall–Kier alpha value is -1.98. The van der Waals surface area contributed by atoms with Crippen LogP contribution >= 0.6 is 0 Å². The van der Waals surface area contributed by atoms with Crippen LogP contribution in [0, 0.1) is 12.8 Å². The Labute approximate surface area is 116 Å². The minimum atomic E-state index is -0.703. The summed E-state index contributed by atoms with van der Waals surface area (Å²) in [6.45, 7) is 1.73. The van der Waals surface area contributed by atoms with Crippen molar-refractivity contribution in [2.75, 3.05) is 7.11 Å². The minimum Gasteiger partial charge on any atom is -0.467 e. The fourth-order valence-corrected chi connectivity index (χ4v) is 2.20. The fourth-order valence-electron chi connectivity index (χ4n) is 2.20. The Bertz CT molecular complexity index is 575. The van der Waals surface area contributed by atoms with Crippen molar-refractivity contribution in [2.45, 2.75) is 38.6 Å². The first-order valence-electron chi connectivity index (χ1n) is 6.67. The zero-order chi connectivity index (χ0) is 14.7. The number of hydrogen-bond acceptors (Lipinski definition) is 5. The number of carbonyl (C=O) groups excluding carboxylic acids is 2. The summed E-state index contributed by atoms with van der Waals surface area (Å²) in [7, 11) is 1.30. The average molecular weight is 278 g/mol. The molecule has 1 aliphatic rings. The maximum atomic E-state index is 12.1. The van der Waals surface area contributed by atoms with E-state index >= 15 is 0 Å². The van der Waals surface area contributed by atoms with Gasteiger partial charge in [0.05, 0.1) is 12.8 Å². The van der Waals surface area contributed by atoms with Gasteiger partial charge in [0.2, 0.25) is 0 Å². The van der Waals surface area contributed by atoms with Crippen LogP contribution in [0.3, 0.4) is 0 Å². The Morgan fingerprint density at radius 1 is 1.60 bits per heavy atom. The molecule has 0 bridgehead atoms. The summed E-state index contributed by atoms with van der Waals surface area (Å²) in [6, 6.07) is 0.709. The molecule has 0 N–H and O–H groups in total. The molecule has 6 nitrogen and oxygen atoms in total. The zero-order valence-corrected chi connectivity index (χ0v) is 11.7. The van der Waals surface area contributed by atoms with Crippen LogP contribution in [0.2, 0.25) is 0 Å². The number of aldehydes is 1. The highest BCUT2D eigenvalue weighted by Crippen LogP contribution is 2.36. The Kier molecular flexibility index (Phi) is 4.32. The van der Waals surface area contributed by atoms with Gasteiger partial charge in [0.25, 0.3) is 5.56 Å². The van der Waals surface area contributed by atoms with Crippen LogP contribution in [0.1, 0.15) is 36.6 Å². The van der Waals surface area contributed by atoms with E-state index in [1.54, 1.807) is 6.92 Å². The lowest BCUT2D eigenvalue weighted by molar-refractivity contribution is -0.145. The van der Waals surface area contributed by atoms with Gasteiger partial charge in [-0.25, -0.2) is 9.48 Å². The van der Waals surface area contributed by atoms with Gasteiger partial charge in [-0.3, -0.25) is 4.79 Å². The Balaban J connectivity index is 2.40. The van der Waals surface area contributed by atoms with Gasteiger partial charge in [0.15, 0.2) is 6.04 Å². The van der Waals surface area contributed by atoms with Crippen LogP contribution in [0.15, 0.2) is 10.9 Å². The molecule has 0 aromatic carbocycles. The minimum absolute atomic E-state index is 0.128. The lowest BCUT2D eigenvalue weighted by Crippen LogP contribution is -2.34. The summed E-state index contributed by atoms with van der Waals surface area (Å²) >= 11 is 0. The highest BCUT2D eigenvalue weighted by Gasteiger charge is 2.32. The van der Waals surface area contributed by atoms with Gasteiger partial charge in [-0.05, 0) is 24.8 Å². The smallest absolute Gasteiger partial charge is 0.330 e. The molecule has 1 aromatic rings. The first-order valence-corrected chi connectivity index (χ1v) is 6.67. The predicted molar refractivity (Wildman–Crippen MR) is 71.4 cm³/mol. The summed E-state index contributed by atoms with van der Waals surface area (Å²) < 4.78 is 5.93. The number of methoxy groups -OCH3 is 1. The zero-order valence-electron chi connectivity index (χ0n) is 11.7. The van der Waals surface area contributed by atoms with Crippen molar-refractivity contribution in [1.82, 2.24) is 9.78 Å². The number of nitrogens with zero attached hydrogens (tertiary/aromatic N) is 2. The predicted octanol–water partition coefficient (Wildman–Crippen LogP) is 0.807. The molecule has 1 aromatic heterocycles. The second-order valence-electron chi connectivity index (χ2n) is 5.15. The Morgan fingerprint density at radius 2 is 2.30 bits per heavy atom. The third kappa shape index (κ3) is 3.12. The van der Waals surface area contributed by atoms with Crippen molar-refractivity contribution >= 4 is 12.3 Å². The molecule has 1 aliphatic carbocycles. The van der Waals surface area contributed by atoms with Crippen LogP contribution in [0.25, 0.3) is 0 Å². The molecule has 2 rings (SSSR count). The monoisotopic (exact) mass is 278 g/mol. The van der Waals surface area contributed by atoms with E-state index in [9.17, 15) is 14.4 Å². The molecule has 0 saturated heterocycles. The summed E-state index contributed by atoms with van der Waals surface area (Å²) in [4.78, 5) is 34.6. The second-order valence-corrected chi connectivity index (χ2v) is 5.15. The molecular formula is C14H18N2O4. The first-order chi connectivity index (χ1) is 9.56. The van der Waals surface area contributed by atoms with Crippen molar-refractivity contribution < 1.29 is 14.3 Å². The average Bonchev–Trinajstić information content (AvgIpc) is 3.23. The normalized spacial score (nSPS) is 15.7. The van der Waals surface area contributed by atoms with E-state index < -0.39 is 12.0 Å². The van der Waals surface area contributed by atoms with E-state index in [4.69, 9.17) is 4.74 Å². The van der Waals surface area contributed by atoms with E-state index in [-0.39, 0.29) is 12.0 Å². The van der Waals surface area contributed by atoms with Gasteiger partial charge in [-0.1, -0.05) is 12.8 Å². The van der Waals surface area contributed by atoms with E-state index in [0.29, 0.717) is 23.6 Å². The van der Waals surface area contributed by atoms with Crippen molar-refractivity contribution in [1.29, 1.82) is 0 Å². The number of hydrogen-bond donors (Lipinski definition) is 0. The molecule has 0 aliphatic heterocycles. The molecule has 1 heterocycles. The van der Waals surface area contributed by atoms with E-state index in [1.807, 2.05) is 0 Å². The number of aromatic nitrogens is 2. The van der Waals surface area contributed by atoms with Gasteiger partial charge < -0.3 is 9.53 Å². The van der Waals surface area contributed by atoms with Crippen LogP contribution in [0.5, 0.6) is 0 Å². The standard InChI is InChI=1S/C14H18N2O4/c1-9-7-13(18)16(15-11(9)5-6-17)12(14(19)20-2)8-10-3-4-10/h6-7,10,12H,3-5,8H2,1-2H3. The molecule has 1 unspecified atom stereocenters. The number of carbonyl (C=O) groups is 2. The van der Waals surface area contributed by atoms with Crippen LogP contribution in [-0.4, -0.2) is 29.1 Å². The number of esters is 1. The van der Waals surface area contributed by atoms with Gasteiger partial charge in [-0.2, -0.15) is 5.10 Å². The van der Waals surface area contributed by atoms with Gasteiger partial charge in [-0.15, -0.1) is 0 Å². The molecule has 1 atom stereocenters. The third-order valence-corrected chi connectivity index (χ3v) is 3.55. The number of aryl methyl sites for hydroxylation is 1. The quantitative estimate of drug-likeness (QED) is 0.568. The summed E-state index contributed by atoms with van der Waals surface area (Å²) in [5, 5.41) is 4.18. The van der Waals surface area contributed by atoms with Crippen molar-refractivity contribution in [2.24, 2.45) is 5.92 Å². The van der Waals surface area contributed by atoms with Crippen molar-refractivity contribution in [3.63, 3.8) is 0 Å². The lowest BCUT2D eigenvalue weighted by Gasteiger charge is -2.17. The molecule has 1 saturated carbocycles. The number of rotatable bonds is 6. The van der Waals surface area contributed by atoms with Crippen LogP contribution in [-0.2, 0) is 20.7 Å². The molecule has 108 valence electrons. The fraction of sp³-hybridized carbons (Fsp3) is 0.571. The molecule has 20 heavy (non-hydrogen) atoms. The molecule has 0 amide bonds. The van der Waals surface area contributed by atoms with E-state index in [0.717, 1.165) is 23.8 Å². The highest BCUT2D eigenvalue weighted by molar-refractivity contribution is 5.74. The lowest BCUT2D eigenvalue weighted by atomic mass is 10.1. The summed E-state index contributed by atoms with van der Waals surface area (Å²) in [5.41, 5.74) is 0.839. The van der Waals surface area contributed by atoms with Crippen molar-refractivity contribution in [3.05, 3.63) is 27.7 Å². The van der Waals surface area contributed by atoms with Crippen LogP contribution in [0.4, 0.5) is 0 Å². The summed E-state index contributed by atoms with van der Waals surface area (Å²) in [6.07, 6.45) is 3.55. The van der Waals surface area contributed by atoms with Gasteiger partial charge in [0.1, 0.15) is 6.29 Å². The van der Waals surface area contributed by atoms with Gasteiger partial charge >= 0.3 is 5.97 Å². The molecular weight excluding hydrogens is 260 g/mol. The Morgan fingerprint density at radius 3 is 2.85 bits per heavy atom. The molecule has 6 heteroatoms. The summed E-state index contributed by atoms with van der Waals surface area (Å²) in [5.74, 6) is -0.0176. The topological polar surface area (TPSA) is 78.3 Å². The largest absolute Gasteiger partial charge is 0.467 e. The third-order valence-electron chi connectivity index (χ3n) is 3.55. The maximum Gasteiger partial charge on any atom is 0.330 e. The second kappa shape index (κ2) is 5.98. The van der Waals surface area contributed by atoms with Crippen molar-refractivity contribution in [3.8, 4) is 0 Å². The van der Waals surface area contributed by atoms with Crippen LogP contribution < -0.4 is 5.56 Å². The van der Waals surface area contributed by atoms with E-state index in [2.05, 4.69) is 5.10 Å². The SMILES string of the molecule is COC(=O)C(CC1CC1)n1nc(CC=O)c(C)cc1=O. The molecule has 0 radical (unpaired) electrons. The van der Waals surface area contributed by atoms with E-state index in [1.165, 1.54) is 13.2 Å². The highest BCUT2D eigenvalue weighted by atomic mass is 16.5. The maximum absolute atomic E-state index is 12.1. The number of ether oxygens (including phenoxy) is 1. The molecule has 1 fully saturated rings.